The van der Waals surface area contributed by atoms with E-state index in [4.69, 9.17) is 0 Å². The molecule has 0 radical (unpaired) electrons. The van der Waals surface area contributed by atoms with Gasteiger partial charge in [0, 0.05) is 5.41 Å². The third-order valence-electron chi connectivity index (χ3n) is 3.39. The Hall–Kier alpha value is -0.760. The summed E-state index contributed by atoms with van der Waals surface area (Å²) in [7, 11) is 0. The Kier molecular flexibility index (Phi) is 5.03. The van der Waals surface area contributed by atoms with Crippen LogP contribution in [0.3, 0.4) is 0 Å². The molecule has 0 unspecified atom stereocenters. The van der Waals surface area contributed by atoms with Crippen LogP contribution in [-0.2, 0) is 5.41 Å². The second-order valence-corrected chi connectivity index (χ2v) is 4.97. The molecular weight excluding hydrogens is 231 g/mol. The molecule has 88 valence electrons. The van der Waals surface area contributed by atoms with Crippen LogP contribution in [0.2, 0.25) is 0 Å². The third kappa shape index (κ3) is 2.97. The maximum atomic E-state index is 11.4. The number of hydrogen-bond acceptors (Lipinski definition) is 1. The van der Waals surface area contributed by atoms with Gasteiger partial charge in [-0.25, -0.2) is 0 Å². The zero-order valence-corrected chi connectivity index (χ0v) is 13.5. The molecule has 2 heteroatoms. The van der Waals surface area contributed by atoms with Crippen molar-refractivity contribution < 1.29 is 34.7 Å². The molecule has 0 aromatic heterocycles. The standard InChI is InChI=1S/C16H18O.Na/c1-12-11-14(9-10-15(12)17)16(2,3)13-7-5-4-6-8-13;/h4-11,17H,1-3H3;/q;+1/p-1. The predicted octanol–water partition coefficient (Wildman–Crippen LogP) is 0.399. The molecule has 0 aliphatic heterocycles. The molecule has 0 heterocycles. The first-order valence-corrected chi connectivity index (χ1v) is 5.85. The molecule has 0 aliphatic carbocycles. The minimum atomic E-state index is -0.0697. The Balaban J connectivity index is 0.00000162. The monoisotopic (exact) mass is 248 g/mol. The van der Waals surface area contributed by atoms with Gasteiger partial charge in [-0.05, 0) is 18.1 Å². The van der Waals surface area contributed by atoms with Crippen LogP contribution in [0.4, 0.5) is 0 Å². The van der Waals surface area contributed by atoms with Gasteiger partial charge in [0.25, 0.3) is 0 Å². The average molecular weight is 248 g/mol. The molecule has 0 amide bonds. The van der Waals surface area contributed by atoms with Crippen molar-refractivity contribution in [3.8, 4) is 5.75 Å². The van der Waals surface area contributed by atoms with Gasteiger partial charge in [-0.1, -0.05) is 67.9 Å². The van der Waals surface area contributed by atoms with E-state index in [1.54, 1.807) is 6.07 Å². The SMILES string of the molecule is Cc1cc(C(C)(C)c2ccccc2)ccc1[O-].[Na+]. The zero-order chi connectivity index (χ0) is 12.5. The van der Waals surface area contributed by atoms with Gasteiger partial charge >= 0.3 is 29.6 Å². The summed E-state index contributed by atoms with van der Waals surface area (Å²) in [5.41, 5.74) is 3.19. The fraction of sp³-hybridized carbons (Fsp3) is 0.250. The van der Waals surface area contributed by atoms with Crippen molar-refractivity contribution in [2.45, 2.75) is 26.2 Å². The zero-order valence-electron chi connectivity index (χ0n) is 11.5. The van der Waals surface area contributed by atoms with E-state index in [-0.39, 0.29) is 40.7 Å². The molecule has 0 bridgehead atoms. The molecule has 2 aromatic carbocycles. The van der Waals surface area contributed by atoms with Crippen molar-refractivity contribution in [3.63, 3.8) is 0 Å². The van der Waals surface area contributed by atoms with E-state index >= 15 is 0 Å². The van der Waals surface area contributed by atoms with Gasteiger partial charge in [0.2, 0.25) is 0 Å². The van der Waals surface area contributed by atoms with Gasteiger partial charge in [-0.15, -0.1) is 5.75 Å². The molecule has 18 heavy (non-hydrogen) atoms. The minimum absolute atomic E-state index is 0. The number of aryl methyl sites for hydroxylation is 1. The fourth-order valence-electron chi connectivity index (χ4n) is 2.06. The van der Waals surface area contributed by atoms with Crippen LogP contribution >= 0.6 is 0 Å². The van der Waals surface area contributed by atoms with E-state index in [2.05, 4.69) is 26.0 Å². The molecular formula is C16H17NaO. The van der Waals surface area contributed by atoms with Crippen LogP contribution in [0.25, 0.3) is 0 Å². The van der Waals surface area contributed by atoms with Crippen LogP contribution in [0.1, 0.15) is 30.5 Å². The van der Waals surface area contributed by atoms with Crippen LogP contribution < -0.4 is 34.7 Å². The van der Waals surface area contributed by atoms with Crippen LogP contribution in [0.5, 0.6) is 5.75 Å². The summed E-state index contributed by atoms with van der Waals surface area (Å²) in [6.45, 7) is 6.23. The summed E-state index contributed by atoms with van der Waals surface area (Å²) >= 11 is 0. The van der Waals surface area contributed by atoms with Crippen LogP contribution in [-0.4, -0.2) is 0 Å². The van der Waals surface area contributed by atoms with Gasteiger partial charge in [0.05, 0.1) is 0 Å². The number of hydrogen-bond donors (Lipinski definition) is 0. The first-order chi connectivity index (χ1) is 8.01. The van der Waals surface area contributed by atoms with E-state index in [0.717, 1.165) is 5.56 Å². The van der Waals surface area contributed by atoms with Crippen molar-refractivity contribution in [2.24, 2.45) is 0 Å². The van der Waals surface area contributed by atoms with E-state index in [1.807, 2.05) is 37.3 Å². The molecule has 0 atom stereocenters. The summed E-state index contributed by atoms with van der Waals surface area (Å²) in [4.78, 5) is 0. The van der Waals surface area contributed by atoms with Crippen LogP contribution in [0, 0.1) is 6.92 Å². The summed E-state index contributed by atoms with van der Waals surface area (Å²) in [5, 5.41) is 11.4. The van der Waals surface area contributed by atoms with Crippen molar-refractivity contribution in [2.75, 3.05) is 0 Å². The summed E-state index contributed by atoms with van der Waals surface area (Å²) in [5.74, 6) is 0.109. The first-order valence-electron chi connectivity index (χ1n) is 5.85. The Bertz CT molecular complexity index is 518. The van der Waals surface area contributed by atoms with Crippen molar-refractivity contribution in [1.82, 2.24) is 0 Å². The van der Waals surface area contributed by atoms with Crippen molar-refractivity contribution in [1.29, 1.82) is 0 Å². The summed E-state index contributed by atoms with van der Waals surface area (Å²) in [6, 6.07) is 16.0. The van der Waals surface area contributed by atoms with Gasteiger partial charge in [-0.3, -0.25) is 0 Å². The molecule has 0 fully saturated rings. The van der Waals surface area contributed by atoms with E-state index in [1.165, 1.54) is 11.1 Å². The minimum Gasteiger partial charge on any atom is -0.872 e. The predicted molar refractivity (Wildman–Crippen MR) is 69.2 cm³/mol. The van der Waals surface area contributed by atoms with Gasteiger partial charge in [0.1, 0.15) is 0 Å². The number of rotatable bonds is 2. The Morgan fingerprint density at radius 3 is 2.06 bits per heavy atom. The quantitative estimate of drug-likeness (QED) is 0.706. The molecule has 2 rings (SSSR count). The normalized spacial score (nSPS) is 10.8. The molecule has 2 aromatic rings. The fourth-order valence-corrected chi connectivity index (χ4v) is 2.06. The average Bonchev–Trinajstić information content (AvgIpc) is 2.33. The maximum Gasteiger partial charge on any atom is 1.00 e. The van der Waals surface area contributed by atoms with E-state index in [0.29, 0.717) is 0 Å². The molecule has 0 saturated carbocycles. The van der Waals surface area contributed by atoms with Crippen molar-refractivity contribution in [3.05, 3.63) is 65.2 Å². The molecule has 0 N–H and O–H groups in total. The van der Waals surface area contributed by atoms with Gasteiger partial charge in [0.15, 0.2) is 0 Å². The maximum absolute atomic E-state index is 11.4. The Labute approximate surface area is 131 Å². The topological polar surface area (TPSA) is 23.1 Å². The molecule has 0 spiro atoms. The van der Waals surface area contributed by atoms with Crippen molar-refractivity contribution >= 4 is 0 Å². The number of benzene rings is 2. The third-order valence-corrected chi connectivity index (χ3v) is 3.39. The van der Waals surface area contributed by atoms with Crippen LogP contribution in [0.15, 0.2) is 48.5 Å². The van der Waals surface area contributed by atoms with Gasteiger partial charge in [-0.2, -0.15) is 0 Å². The Morgan fingerprint density at radius 1 is 0.889 bits per heavy atom. The molecule has 0 aliphatic rings. The largest absolute Gasteiger partial charge is 1.00 e. The molecule has 0 saturated heterocycles. The summed E-state index contributed by atoms with van der Waals surface area (Å²) < 4.78 is 0. The van der Waals surface area contributed by atoms with E-state index in [9.17, 15) is 5.11 Å². The second-order valence-electron chi connectivity index (χ2n) is 4.97. The first kappa shape index (κ1) is 15.3. The Morgan fingerprint density at radius 2 is 1.50 bits per heavy atom. The van der Waals surface area contributed by atoms with Gasteiger partial charge < -0.3 is 5.11 Å². The van der Waals surface area contributed by atoms with E-state index < -0.39 is 0 Å². The second kappa shape index (κ2) is 5.92. The smallest absolute Gasteiger partial charge is 0.872 e. The molecule has 1 nitrogen and oxygen atoms in total. The summed E-state index contributed by atoms with van der Waals surface area (Å²) in [6.07, 6.45) is 0.